The molecule has 2 atom stereocenters. The number of nitrogens with two attached hydrogens (primary N) is 1. The van der Waals surface area contributed by atoms with Gasteiger partial charge in [0.05, 0.1) is 0 Å². The second-order valence-electron chi connectivity index (χ2n) is 4.33. The highest BCUT2D eigenvalue weighted by Crippen LogP contribution is 2.23. The van der Waals surface area contributed by atoms with Crippen LogP contribution in [0.5, 0.6) is 0 Å². The fourth-order valence-corrected chi connectivity index (χ4v) is 2.26. The lowest BCUT2D eigenvalue weighted by atomic mass is 9.88. The van der Waals surface area contributed by atoms with Crippen LogP contribution in [-0.2, 0) is 6.42 Å². The number of rotatable bonds is 5. The Labute approximate surface area is 102 Å². The van der Waals surface area contributed by atoms with Gasteiger partial charge in [-0.15, -0.1) is 0 Å². The second-order valence-corrected chi connectivity index (χ2v) is 4.33. The number of aromatic amines is 1. The van der Waals surface area contributed by atoms with Crippen LogP contribution in [0.25, 0.3) is 0 Å². The van der Waals surface area contributed by atoms with E-state index < -0.39 is 0 Å². The third-order valence-corrected chi connectivity index (χ3v) is 3.17. The summed E-state index contributed by atoms with van der Waals surface area (Å²) in [5.74, 6) is 1.35. The van der Waals surface area contributed by atoms with Crippen LogP contribution in [0.4, 0.5) is 0 Å². The molecule has 90 valence electrons. The smallest absolute Gasteiger partial charge is 0.107 e. The molecule has 0 aliphatic heterocycles. The van der Waals surface area contributed by atoms with Crippen LogP contribution in [0, 0.1) is 0 Å². The molecule has 2 rings (SSSR count). The zero-order chi connectivity index (χ0) is 12.1. The Morgan fingerprint density at radius 3 is 2.65 bits per heavy atom. The highest BCUT2D eigenvalue weighted by molar-refractivity contribution is 5.21. The zero-order valence-electron chi connectivity index (χ0n) is 10.1. The van der Waals surface area contributed by atoms with Crippen LogP contribution in [0.3, 0.4) is 0 Å². The maximum Gasteiger partial charge on any atom is 0.107 e. The summed E-state index contributed by atoms with van der Waals surface area (Å²) in [6.45, 7) is 2.18. The van der Waals surface area contributed by atoms with Gasteiger partial charge in [0.15, 0.2) is 0 Å². The zero-order valence-corrected chi connectivity index (χ0v) is 10.1. The summed E-state index contributed by atoms with van der Waals surface area (Å²) in [5, 5.41) is 0. The van der Waals surface area contributed by atoms with Crippen molar-refractivity contribution in [2.45, 2.75) is 31.7 Å². The van der Waals surface area contributed by atoms with E-state index in [1.165, 1.54) is 5.56 Å². The van der Waals surface area contributed by atoms with Gasteiger partial charge in [0.25, 0.3) is 0 Å². The van der Waals surface area contributed by atoms with Gasteiger partial charge in [-0.2, -0.15) is 0 Å². The van der Waals surface area contributed by atoms with Gasteiger partial charge in [0.2, 0.25) is 0 Å². The first-order valence-electron chi connectivity index (χ1n) is 6.10. The predicted octanol–water partition coefficient (Wildman–Crippen LogP) is 2.47. The van der Waals surface area contributed by atoms with E-state index in [1.807, 2.05) is 12.3 Å². The number of hydrogen-bond donors (Lipinski definition) is 2. The van der Waals surface area contributed by atoms with Crippen molar-refractivity contribution in [3.63, 3.8) is 0 Å². The number of hydrogen-bond acceptors (Lipinski definition) is 2. The van der Waals surface area contributed by atoms with Crippen LogP contribution >= 0.6 is 0 Å². The van der Waals surface area contributed by atoms with E-state index in [0.29, 0.717) is 5.92 Å². The minimum atomic E-state index is 0.105. The number of aromatic nitrogens is 2. The molecular formula is C14H19N3. The molecule has 0 aliphatic rings. The Hall–Kier alpha value is -1.61. The first-order chi connectivity index (χ1) is 8.31. The lowest BCUT2D eigenvalue weighted by Gasteiger charge is -2.22. The molecule has 3 N–H and O–H groups in total. The van der Waals surface area contributed by atoms with E-state index >= 15 is 0 Å². The third kappa shape index (κ3) is 2.94. The van der Waals surface area contributed by atoms with Crippen LogP contribution in [-0.4, -0.2) is 16.0 Å². The molecule has 1 aromatic heterocycles. The SMILES string of the molecule is CCC(c1ccccc1)C(N)Cc1ncc[nH]1. The van der Waals surface area contributed by atoms with Crippen molar-refractivity contribution < 1.29 is 0 Å². The summed E-state index contributed by atoms with van der Waals surface area (Å²) in [6, 6.07) is 10.6. The number of H-pyrrole nitrogens is 1. The van der Waals surface area contributed by atoms with E-state index in [0.717, 1.165) is 18.7 Å². The Bertz CT molecular complexity index is 422. The Morgan fingerprint density at radius 2 is 2.06 bits per heavy atom. The quantitative estimate of drug-likeness (QED) is 0.827. The van der Waals surface area contributed by atoms with Gasteiger partial charge < -0.3 is 10.7 Å². The maximum absolute atomic E-state index is 6.29. The molecule has 3 heteroatoms. The van der Waals surface area contributed by atoms with Gasteiger partial charge >= 0.3 is 0 Å². The summed E-state index contributed by atoms with van der Waals surface area (Å²) in [5.41, 5.74) is 7.61. The minimum Gasteiger partial charge on any atom is -0.349 e. The Kier molecular flexibility index (Phi) is 3.94. The first-order valence-corrected chi connectivity index (χ1v) is 6.10. The van der Waals surface area contributed by atoms with Crippen molar-refractivity contribution in [2.75, 3.05) is 0 Å². The number of nitrogens with zero attached hydrogens (tertiary/aromatic N) is 1. The normalized spacial score (nSPS) is 14.5. The summed E-state index contributed by atoms with van der Waals surface area (Å²) in [6.07, 6.45) is 5.45. The fourth-order valence-electron chi connectivity index (χ4n) is 2.26. The molecular weight excluding hydrogens is 210 g/mol. The van der Waals surface area contributed by atoms with E-state index in [4.69, 9.17) is 5.73 Å². The Morgan fingerprint density at radius 1 is 1.29 bits per heavy atom. The molecule has 2 aromatic rings. The molecule has 3 nitrogen and oxygen atoms in total. The van der Waals surface area contributed by atoms with Crippen molar-refractivity contribution in [1.82, 2.24) is 9.97 Å². The number of nitrogens with one attached hydrogen (secondary N) is 1. The van der Waals surface area contributed by atoms with E-state index in [-0.39, 0.29) is 6.04 Å². The van der Waals surface area contributed by atoms with Gasteiger partial charge in [0, 0.05) is 24.9 Å². The molecule has 2 unspecified atom stereocenters. The standard InChI is InChI=1S/C14H19N3/c1-2-12(11-6-4-3-5-7-11)13(15)10-14-16-8-9-17-14/h3-9,12-13H,2,10,15H2,1H3,(H,16,17). The lowest BCUT2D eigenvalue weighted by molar-refractivity contribution is 0.507. The predicted molar refractivity (Wildman–Crippen MR) is 69.7 cm³/mol. The molecule has 0 saturated heterocycles. The number of benzene rings is 1. The van der Waals surface area contributed by atoms with Crippen molar-refractivity contribution in [3.8, 4) is 0 Å². The molecule has 0 saturated carbocycles. The van der Waals surface area contributed by atoms with Gasteiger partial charge in [-0.1, -0.05) is 37.3 Å². The molecule has 17 heavy (non-hydrogen) atoms. The highest BCUT2D eigenvalue weighted by Gasteiger charge is 2.18. The highest BCUT2D eigenvalue weighted by atomic mass is 14.9. The molecule has 0 spiro atoms. The summed E-state index contributed by atoms with van der Waals surface area (Å²) in [7, 11) is 0. The molecule has 0 amide bonds. The topological polar surface area (TPSA) is 54.7 Å². The molecule has 0 aliphatic carbocycles. The molecule has 0 fully saturated rings. The van der Waals surface area contributed by atoms with Gasteiger partial charge in [-0.05, 0) is 17.9 Å². The second kappa shape index (κ2) is 5.64. The Balaban J connectivity index is 2.08. The van der Waals surface area contributed by atoms with Crippen molar-refractivity contribution in [2.24, 2.45) is 5.73 Å². The number of imidazole rings is 1. The van der Waals surface area contributed by atoms with E-state index in [2.05, 4.69) is 41.2 Å². The van der Waals surface area contributed by atoms with Crippen molar-refractivity contribution >= 4 is 0 Å². The first kappa shape index (κ1) is 11.9. The maximum atomic E-state index is 6.29. The van der Waals surface area contributed by atoms with Crippen molar-refractivity contribution in [1.29, 1.82) is 0 Å². The van der Waals surface area contributed by atoms with Gasteiger partial charge in [-0.25, -0.2) is 4.98 Å². The average Bonchev–Trinajstić information content (AvgIpc) is 2.84. The van der Waals surface area contributed by atoms with Crippen LogP contribution in [0.1, 0.15) is 30.7 Å². The molecule has 1 heterocycles. The van der Waals surface area contributed by atoms with E-state index in [1.54, 1.807) is 6.20 Å². The monoisotopic (exact) mass is 229 g/mol. The van der Waals surface area contributed by atoms with E-state index in [9.17, 15) is 0 Å². The van der Waals surface area contributed by atoms with Crippen LogP contribution < -0.4 is 5.73 Å². The summed E-state index contributed by atoms with van der Waals surface area (Å²) < 4.78 is 0. The fraction of sp³-hybridized carbons (Fsp3) is 0.357. The third-order valence-electron chi connectivity index (χ3n) is 3.17. The summed E-state index contributed by atoms with van der Waals surface area (Å²) in [4.78, 5) is 7.34. The van der Waals surface area contributed by atoms with Crippen molar-refractivity contribution in [3.05, 3.63) is 54.1 Å². The van der Waals surface area contributed by atoms with Gasteiger partial charge in [0.1, 0.15) is 5.82 Å². The summed E-state index contributed by atoms with van der Waals surface area (Å²) >= 11 is 0. The largest absolute Gasteiger partial charge is 0.349 e. The molecule has 0 bridgehead atoms. The molecule has 1 aromatic carbocycles. The van der Waals surface area contributed by atoms with Gasteiger partial charge in [-0.3, -0.25) is 0 Å². The molecule has 0 radical (unpaired) electrons. The lowest BCUT2D eigenvalue weighted by Crippen LogP contribution is -2.30. The minimum absolute atomic E-state index is 0.105. The average molecular weight is 229 g/mol. The van der Waals surface area contributed by atoms with Crippen LogP contribution in [0.2, 0.25) is 0 Å². The van der Waals surface area contributed by atoms with Crippen LogP contribution in [0.15, 0.2) is 42.7 Å².